The molecule has 4 nitrogen and oxygen atoms in total. The number of hydrogen-bond acceptors (Lipinski definition) is 2. The number of aryl methyl sites for hydroxylation is 1. The van der Waals surface area contributed by atoms with Gasteiger partial charge in [-0.3, -0.25) is 4.79 Å². The highest BCUT2D eigenvalue weighted by Gasteiger charge is 2.19. The predicted octanol–water partition coefficient (Wildman–Crippen LogP) is 1.27. The Bertz CT molecular complexity index is 385. The van der Waals surface area contributed by atoms with Gasteiger partial charge in [-0.2, -0.15) is 0 Å². The van der Waals surface area contributed by atoms with Gasteiger partial charge in [0.2, 0.25) is 0 Å². The van der Waals surface area contributed by atoms with Crippen LogP contribution in [-0.4, -0.2) is 29.6 Å². The number of aromatic nitrogens is 1. The minimum atomic E-state index is -0.0224. The summed E-state index contributed by atoms with van der Waals surface area (Å²) in [6.45, 7) is 1.53. The molecule has 0 atom stereocenters. The molecule has 1 aromatic heterocycles. The maximum absolute atomic E-state index is 11.8. The number of nitrogens with zero attached hydrogens (tertiary/aromatic N) is 1. The monoisotopic (exact) mass is 285 g/mol. The zero-order chi connectivity index (χ0) is 11.5. The lowest BCUT2D eigenvalue weighted by Gasteiger charge is -2.06. The highest BCUT2D eigenvalue weighted by atomic mass is 79.9. The molecule has 0 saturated heterocycles. The SMILES string of the molecule is Cn1cc(Br)cc1C(=O)NCCNC1CC1. The molecule has 1 fully saturated rings. The van der Waals surface area contributed by atoms with Gasteiger partial charge in [-0.1, -0.05) is 0 Å². The molecule has 0 aliphatic heterocycles. The fourth-order valence-corrected chi connectivity index (χ4v) is 2.10. The summed E-state index contributed by atoms with van der Waals surface area (Å²) >= 11 is 3.35. The van der Waals surface area contributed by atoms with Crippen LogP contribution in [0.2, 0.25) is 0 Å². The summed E-state index contributed by atoms with van der Waals surface area (Å²) in [5.74, 6) is -0.0224. The van der Waals surface area contributed by atoms with Gasteiger partial charge in [-0.25, -0.2) is 0 Å². The number of nitrogens with one attached hydrogen (secondary N) is 2. The Balaban J connectivity index is 1.75. The van der Waals surface area contributed by atoms with Gasteiger partial charge in [0.1, 0.15) is 5.69 Å². The molecule has 2 N–H and O–H groups in total. The fourth-order valence-electron chi connectivity index (χ4n) is 1.58. The summed E-state index contributed by atoms with van der Waals surface area (Å²) in [5.41, 5.74) is 0.679. The zero-order valence-electron chi connectivity index (χ0n) is 9.29. The van der Waals surface area contributed by atoms with Crippen molar-refractivity contribution in [3.05, 3.63) is 22.4 Å². The third kappa shape index (κ3) is 3.09. The van der Waals surface area contributed by atoms with Crippen LogP contribution in [0.5, 0.6) is 0 Å². The van der Waals surface area contributed by atoms with Gasteiger partial charge in [0, 0.05) is 36.8 Å². The van der Waals surface area contributed by atoms with Gasteiger partial charge in [-0.15, -0.1) is 0 Å². The molecule has 2 rings (SSSR count). The number of halogens is 1. The molecule has 0 bridgehead atoms. The highest BCUT2D eigenvalue weighted by Crippen LogP contribution is 2.17. The van der Waals surface area contributed by atoms with Gasteiger partial charge in [0.15, 0.2) is 0 Å². The summed E-state index contributed by atoms with van der Waals surface area (Å²) < 4.78 is 2.74. The van der Waals surface area contributed by atoms with E-state index in [1.807, 2.05) is 23.9 Å². The molecule has 0 aromatic carbocycles. The van der Waals surface area contributed by atoms with Crippen molar-refractivity contribution in [2.24, 2.45) is 7.05 Å². The van der Waals surface area contributed by atoms with Crippen LogP contribution >= 0.6 is 15.9 Å². The number of carbonyl (C=O) groups excluding carboxylic acids is 1. The van der Waals surface area contributed by atoms with Crippen LogP contribution in [0, 0.1) is 0 Å². The van der Waals surface area contributed by atoms with E-state index in [0.29, 0.717) is 18.3 Å². The molecular formula is C11H16BrN3O. The second-order valence-corrected chi connectivity index (χ2v) is 5.05. The molecule has 1 saturated carbocycles. The summed E-state index contributed by atoms with van der Waals surface area (Å²) in [6, 6.07) is 2.52. The molecule has 16 heavy (non-hydrogen) atoms. The molecule has 1 aromatic rings. The highest BCUT2D eigenvalue weighted by molar-refractivity contribution is 9.10. The Hall–Kier alpha value is -0.810. The lowest BCUT2D eigenvalue weighted by Crippen LogP contribution is -2.33. The first kappa shape index (κ1) is 11.7. The van der Waals surface area contributed by atoms with Crippen molar-refractivity contribution >= 4 is 21.8 Å². The molecule has 1 heterocycles. The Morgan fingerprint density at radius 2 is 2.31 bits per heavy atom. The van der Waals surface area contributed by atoms with E-state index < -0.39 is 0 Å². The average Bonchev–Trinajstić information content (AvgIpc) is 2.98. The van der Waals surface area contributed by atoms with Crippen LogP contribution in [0.1, 0.15) is 23.3 Å². The van der Waals surface area contributed by atoms with E-state index in [2.05, 4.69) is 26.6 Å². The molecule has 0 spiro atoms. The number of rotatable bonds is 5. The van der Waals surface area contributed by atoms with Gasteiger partial charge >= 0.3 is 0 Å². The smallest absolute Gasteiger partial charge is 0.267 e. The van der Waals surface area contributed by atoms with Crippen LogP contribution in [0.3, 0.4) is 0 Å². The summed E-state index contributed by atoms with van der Waals surface area (Å²) in [7, 11) is 1.86. The third-order valence-corrected chi connectivity index (χ3v) is 3.06. The molecular weight excluding hydrogens is 270 g/mol. The van der Waals surface area contributed by atoms with Crippen molar-refractivity contribution < 1.29 is 4.79 Å². The zero-order valence-corrected chi connectivity index (χ0v) is 10.9. The van der Waals surface area contributed by atoms with E-state index in [1.54, 1.807) is 0 Å². The Morgan fingerprint density at radius 1 is 1.56 bits per heavy atom. The second kappa shape index (κ2) is 5.01. The normalized spacial score (nSPS) is 15.1. The first-order valence-electron chi connectivity index (χ1n) is 5.50. The topological polar surface area (TPSA) is 46.1 Å². The summed E-state index contributed by atoms with van der Waals surface area (Å²) in [4.78, 5) is 11.8. The Kier molecular flexibility index (Phi) is 3.66. The van der Waals surface area contributed by atoms with E-state index in [1.165, 1.54) is 12.8 Å². The maximum atomic E-state index is 11.8. The van der Waals surface area contributed by atoms with Crippen molar-refractivity contribution in [3.8, 4) is 0 Å². The minimum absolute atomic E-state index is 0.0224. The molecule has 1 aliphatic rings. The fraction of sp³-hybridized carbons (Fsp3) is 0.545. The maximum Gasteiger partial charge on any atom is 0.267 e. The molecule has 0 radical (unpaired) electrons. The Labute approximate surface area is 104 Å². The average molecular weight is 286 g/mol. The molecule has 88 valence electrons. The van der Waals surface area contributed by atoms with Gasteiger partial charge in [0.25, 0.3) is 5.91 Å². The van der Waals surface area contributed by atoms with Crippen LogP contribution in [-0.2, 0) is 7.05 Å². The van der Waals surface area contributed by atoms with E-state index in [-0.39, 0.29) is 5.91 Å². The van der Waals surface area contributed by atoms with Crippen molar-refractivity contribution in [1.29, 1.82) is 0 Å². The molecule has 5 heteroatoms. The van der Waals surface area contributed by atoms with E-state index >= 15 is 0 Å². The van der Waals surface area contributed by atoms with Crippen molar-refractivity contribution in [3.63, 3.8) is 0 Å². The quantitative estimate of drug-likeness (QED) is 0.801. The predicted molar refractivity (Wildman–Crippen MR) is 66.5 cm³/mol. The Morgan fingerprint density at radius 3 is 2.88 bits per heavy atom. The van der Waals surface area contributed by atoms with Crippen LogP contribution in [0.15, 0.2) is 16.7 Å². The van der Waals surface area contributed by atoms with Crippen LogP contribution in [0.25, 0.3) is 0 Å². The first-order chi connectivity index (χ1) is 7.66. The number of carbonyl (C=O) groups is 1. The molecule has 0 unspecified atom stereocenters. The van der Waals surface area contributed by atoms with Crippen molar-refractivity contribution in [1.82, 2.24) is 15.2 Å². The van der Waals surface area contributed by atoms with Crippen LogP contribution < -0.4 is 10.6 Å². The van der Waals surface area contributed by atoms with Crippen LogP contribution in [0.4, 0.5) is 0 Å². The van der Waals surface area contributed by atoms with Crippen molar-refractivity contribution in [2.75, 3.05) is 13.1 Å². The van der Waals surface area contributed by atoms with E-state index in [9.17, 15) is 4.79 Å². The number of amides is 1. The summed E-state index contributed by atoms with van der Waals surface area (Å²) in [6.07, 6.45) is 4.43. The van der Waals surface area contributed by atoms with Gasteiger partial charge in [-0.05, 0) is 34.8 Å². The lowest BCUT2D eigenvalue weighted by atomic mass is 10.4. The molecule has 1 aliphatic carbocycles. The third-order valence-electron chi connectivity index (χ3n) is 2.63. The minimum Gasteiger partial charge on any atom is -0.349 e. The van der Waals surface area contributed by atoms with Gasteiger partial charge < -0.3 is 15.2 Å². The van der Waals surface area contributed by atoms with E-state index in [4.69, 9.17) is 0 Å². The number of hydrogen-bond donors (Lipinski definition) is 2. The van der Waals surface area contributed by atoms with E-state index in [0.717, 1.165) is 11.0 Å². The standard InChI is InChI=1S/C11H16BrN3O/c1-15-7-8(12)6-10(15)11(16)14-5-4-13-9-2-3-9/h6-7,9,13H,2-5H2,1H3,(H,14,16). The van der Waals surface area contributed by atoms with Gasteiger partial charge in [0.05, 0.1) is 0 Å². The first-order valence-corrected chi connectivity index (χ1v) is 6.29. The van der Waals surface area contributed by atoms with Crippen molar-refractivity contribution in [2.45, 2.75) is 18.9 Å². The second-order valence-electron chi connectivity index (χ2n) is 4.14. The lowest BCUT2D eigenvalue weighted by molar-refractivity contribution is 0.0946. The molecule has 1 amide bonds. The largest absolute Gasteiger partial charge is 0.349 e. The summed E-state index contributed by atoms with van der Waals surface area (Å²) in [5, 5.41) is 6.25.